The number of ether oxygens (including phenoxy) is 1. The minimum atomic E-state index is -0.139. The molecule has 0 aliphatic carbocycles. The van der Waals surface area contributed by atoms with Crippen LogP contribution in [0.15, 0.2) is 61.2 Å². The maximum Gasteiger partial charge on any atom is 0.272 e. The van der Waals surface area contributed by atoms with E-state index in [1.165, 1.54) is 6.33 Å². The van der Waals surface area contributed by atoms with Crippen molar-refractivity contribution in [3.8, 4) is 11.4 Å². The fourth-order valence-electron chi connectivity index (χ4n) is 2.88. The Kier molecular flexibility index (Phi) is 4.29. The van der Waals surface area contributed by atoms with Crippen LogP contribution in [-0.4, -0.2) is 49.3 Å². The van der Waals surface area contributed by atoms with Gasteiger partial charge in [0.1, 0.15) is 17.8 Å². The van der Waals surface area contributed by atoms with Crippen LogP contribution < -0.4 is 4.74 Å². The Morgan fingerprint density at radius 1 is 1.19 bits per heavy atom. The van der Waals surface area contributed by atoms with Crippen molar-refractivity contribution >= 4 is 11.6 Å². The molecule has 0 unspecified atom stereocenters. The van der Waals surface area contributed by atoms with Gasteiger partial charge < -0.3 is 9.64 Å². The Hall–Kier alpha value is -3.68. The molecule has 0 saturated carbocycles. The lowest BCUT2D eigenvalue weighted by Gasteiger charge is -2.16. The van der Waals surface area contributed by atoms with E-state index in [-0.39, 0.29) is 5.91 Å². The van der Waals surface area contributed by atoms with Gasteiger partial charge >= 0.3 is 0 Å². The van der Waals surface area contributed by atoms with Crippen LogP contribution in [-0.2, 0) is 6.54 Å². The summed E-state index contributed by atoms with van der Waals surface area (Å²) in [6.45, 7) is 0.424. The van der Waals surface area contributed by atoms with Gasteiger partial charge in [0.05, 0.1) is 19.0 Å². The normalized spacial score (nSPS) is 10.9. The number of pyridine rings is 1. The van der Waals surface area contributed by atoms with Crippen molar-refractivity contribution in [3.05, 3.63) is 72.4 Å². The molecule has 1 aromatic carbocycles. The summed E-state index contributed by atoms with van der Waals surface area (Å²) in [7, 11) is 3.38. The number of methoxy groups -OCH3 is 1. The van der Waals surface area contributed by atoms with Gasteiger partial charge in [-0.25, -0.2) is 14.2 Å². The first-order chi connectivity index (χ1) is 13.2. The number of fused-ring (bicyclic) bond motifs is 1. The van der Waals surface area contributed by atoms with E-state index >= 15 is 0 Å². The summed E-state index contributed by atoms with van der Waals surface area (Å²) < 4.78 is 8.55. The second-order valence-electron chi connectivity index (χ2n) is 6.10. The van der Waals surface area contributed by atoms with E-state index in [9.17, 15) is 4.79 Å². The molecule has 8 nitrogen and oxygen atoms in total. The van der Waals surface area contributed by atoms with Crippen LogP contribution in [0.25, 0.3) is 11.3 Å². The summed E-state index contributed by atoms with van der Waals surface area (Å²) in [5.41, 5.74) is 2.91. The van der Waals surface area contributed by atoms with E-state index in [0.29, 0.717) is 17.9 Å². The van der Waals surface area contributed by atoms with Crippen molar-refractivity contribution in [2.75, 3.05) is 14.2 Å². The predicted molar refractivity (Wildman–Crippen MR) is 98.9 cm³/mol. The molecule has 3 aromatic heterocycles. The highest BCUT2D eigenvalue weighted by Crippen LogP contribution is 2.17. The number of carbonyl (C=O) groups excluding carboxylic acids is 1. The lowest BCUT2D eigenvalue weighted by Crippen LogP contribution is -2.28. The number of hydrogen-bond donors (Lipinski definition) is 0. The number of nitrogens with zero attached hydrogens (tertiary/aromatic N) is 6. The molecule has 0 fully saturated rings. The number of rotatable bonds is 5. The fraction of sp³-hybridized carbons (Fsp3) is 0.158. The van der Waals surface area contributed by atoms with Crippen molar-refractivity contribution in [3.63, 3.8) is 0 Å². The van der Waals surface area contributed by atoms with Gasteiger partial charge in [-0.1, -0.05) is 12.1 Å². The largest absolute Gasteiger partial charge is 0.497 e. The molecule has 0 N–H and O–H groups in total. The topological polar surface area (TPSA) is 77.5 Å². The molecule has 0 radical (unpaired) electrons. The molecule has 1 amide bonds. The van der Waals surface area contributed by atoms with Gasteiger partial charge in [-0.3, -0.25) is 4.79 Å². The first kappa shape index (κ1) is 16.8. The van der Waals surface area contributed by atoms with Crippen molar-refractivity contribution in [2.24, 2.45) is 0 Å². The molecule has 8 heteroatoms. The van der Waals surface area contributed by atoms with Crippen LogP contribution in [0.4, 0.5) is 0 Å². The van der Waals surface area contributed by atoms with E-state index in [2.05, 4.69) is 15.2 Å². The predicted octanol–water partition coefficient (Wildman–Crippen LogP) is 2.20. The van der Waals surface area contributed by atoms with Gasteiger partial charge in [0, 0.05) is 31.4 Å². The number of amides is 1. The molecule has 0 saturated heterocycles. The molecule has 4 rings (SSSR count). The molecule has 4 aromatic rings. The molecule has 0 aliphatic rings. The maximum atomic E-state index is 12.8. The quantitative estimate of drug-likeness (QED) is 0.544. The zero-order valence-electron chi connectivity index (χ0n) is 15.0. The Morgan fingerprint density at radius 2 is 2.04 bits per heavy atom. The van der Waals surface area contributed by atoms with Crippen molar-refractivity contribution in [1.29, 1.82) is 0 Å². The van der Waals surface area contributed by atoms with Crippen LogP contribution in [0.2, 0.25) is 0 Å². The highest BCUT2D eigenvalue weighted by Gasteiger charge is 2.17. The van der Waals surface area contributed by atoms with Crippen LogP contribution in [0.3, 0.4) is 0 Å². The lowest BCUT2D eigenvalue weighted by atomic mass is 10.2. The zero-order valence-corrected chi connectivity index (χ0v) is 15.0. The zero-order chi connectivity index (χ0) is 18.8. The van der Waals surface area contributed by atoms with E-state index in [1.54, 1.807) is 46.6 Å². The van der Waals surface area contributed by atoms with Crippen LogP contribution in [0.1, 0.15) is 16.1 Å². The van der Waals surface area contributed by atoms with E-state index in [1.807, 2.05) is 36.5 Å². The Labute approximate surface area is 155 Å². The van der Waals surface area contributed by atoms with Gasteiger partial charge in [-0.2, -0.15) is 10.2 Å². The van der Waals surface area contributed by atoms with E-state index < -0.39 is 0 Å². The van der Waals surface area contributed by atoms with Crippen molar-refractivity contribution in [1.82, 2.24) is 29.3 Å². The lowest BCUT2D eigenvalue weighted by molar-refractivity contribution is 0.0776. The summed E-state index contributed by atoms with van der Waals surface area (Å²) in [5.74, 6) is 0.623. The third-order valence-electron chi connectivity index (χ3n) is 4.24. The second kappa shape index (κ2) is 6.91. The highest BCUT2D eigenvalue weighted by molar-refractivity contribution is 5.92. The van der Waals surface area contributed by atoms with Crippen LogP contribution in [0.5, 0.6) is 5.75 Å². The van der Waals surface area contributed by atoms with Crippen LogP contribution in [0, 0.1) is 0 Å². The summed E-state index contributed by atoms with van der Waals surface area (Å²) >= 11 is 0. The third kappa shape index (κ3) is 3.24. The van der Waals surface area contributed by atoms with E-state index in [0.717, 1.165) is 17.0 Å². The smallest absolute Gasteiger partial charge is 0.272 e. The molecule has 136 valence electrons. The van der Waals surface area contributed by atoms with Gasteiger partial charge in [0.15, 0.2) is 5.65 Å². The Balaban J connectivity index is 1.53. The molecule has 0 atom stereocenters. The average molecular weight is 362 g/mol. The standard InChI is InChI=1S/C19H18N6O2/c1-23(19(26)17-7-4-8-18-20-13-22-25(17)18)11-14-10-21-24(12-14)15-5-3-6-16(9-15)27-2/h3-10,12-13H,11H2,1-2H3. The van der Waals surface area contributed by atoms with Gasteiger partial charge in [-0.05, 0) is 24.3 Å². The summed E-state index contributed by atoms with van der Waals surface area (Å²) in [6.07, 6.45) is 5.08. The van der Waals surface area contributed by atoms with Gasteiger partial charge in [-0.15, -0.1) is 0 Å². The monoisotopic (exact) mass is 362 g/mol. The Morgan fingerprint density at radius 3 is 2.89 bits per heavy atom. The maximum absolute atomic E-state index is 12.8. The number of hydrogen-bond acceptors (Lipinski definition) is 5. The number of aromatic nitrogens is 5. The van der Waals surface area contributed by atoms with Gasteiger partial charge in [0.2, 0.25) is 0 Å². The molecule has 0 bridgehead atoms. The Bertz CT molecular complexity index is 1100. The molecular weight excluding hydrogens is 344 g/mol. The molecule has 3 heterocycles. The first-order valence-corrected chi connectivity index (χ1v) is 8.38. The molecule has 27 heavy (non-hydrogen) atoms. The van der Waals surface area contributed by atoms with E-state index in [4.69, 9.17) is 4.74 Å². The first-order valence-electron chi connectivity index (χ1n) is 8.38. The molecule has 0 aliphatic heterocycles. The average Bonchev–Trinajstić information content (AvgIpc) is 3.36. The molecule has 0 spiro atoms. The third-order valence-corrected chi connectivity index (χ3v) is 4.24. The number of carbonyl (C=O) groups is 1. The minimum Gasteiger partial charge on any atom is -0.497 e. The second-order valence-corrected chi connectivity index (χ2v) is 6.10. The SMILES string of the molecule is COc1cccc(-n2cc(CN(C)C(=O)c3cccc4ncnn34)cn2)c1. The fourth-order valence-corrected chi connectivity index (χ4v) is 2.88. The number of benzene rings is 1. The van der Waals surface area contributed by atoms with Gasteiger partial charge in [0.25, 0.3) is 5.91 Å². The van der Waals surface area contributed by atoms with Crippen molar-refractivity contribution in [2.45, 2.75) is 6.54 Å². The summed E-state index contributed by atoms with van der Waals surface area (Å²) in [6, 6.07) is 13.0. The minimum absolute atomic E-state index is 0.139. The highest BCUT2D eigenvalue weighted by atomic mass is 16.5. The van der Waals surface area contributed by atoms with Crippen LogP contribution >= 0.6 is 0 Å². The van der Waals surface area contributed by atoms with Crippen molar-refractivity contribution < 1.29 is 9.53 Å². The summed E-state index contributed by atoms with van der Waals surface area (Å²) in [5, 5.41) is 8.50. The summed E-state index contributed by atoms with van der Waals surface area (Å²) in [4.78, 5) is 18.6. The molecular formula is C19H18N6O2.